The first-order chi connectivity index (χ1) is 10.1. The van der Waals surface area contributed by atoms with Gasteiger partial charge in [0.1, 0.15) is 5.82 Å². The number of aromatic nitrogens is 1. The van der Waals surface area contributed by atoms with Gasteiger partial charge < -0.3 is 10.2 Å². The first-order valence-electron chi connectivity index (χ1n) is 6.77. The van der Waals surface area contributed by atoms with Gasteiger partial charge in [-0.1, -0.05) is 12.1 Å². The third-order valence-electron chi connectivity index (χ3n) is 3.00. The number of aryl methyl sites for hydroxylation is 1. The van der Waals surface area contributed by atoms with Gasteiger partial charge in [-0.25, -0.2) is 9.37 Å². The molecule has 21 heavy (non-hydrogen) atoms. The summed E-state index contributed by atoms with van der Waals surface area (Å²) in [6.07, 6.45) is 1.80. The summed E-state index contributed by atoms with van der Waals surface area (Å²) < 4.78 is 12.8. The molecule has 6 heteroatoms. The van der Waals surface area contributed by atoms with Crippen LogP contribution in [0.2, 0.25) is 0 Å². The lowest BCUT2D eigenvalue weighted by atomic mass is 10.2. The van der Waals surface area contributed by atoms with Crippen molar-refractivity contribution in [3.8, 4) is 0 Å². The fraction of sp³-hybridized carbons (Fsp3) is 0.333. The normalized spacial score (nSPS) is 10.4. The van der Waals surface area contributed by atoms with E-state index in [4.69, 9.17) is 0 Å². The minimum Gasteiger partial charge on any atom is -0.350 e. The lowest BCUT2D eigenvalue weighted by Gasteiger charge is -2.19. The molecule has 0 saturated heterocycles. The molecule has 0 aliphatic carbocycles. The minimum atomic E-state index is -0.277. The molecule has 1 N–H and O–H groups in total. The molecular weight excluding hydrogens is 289 g/mol. The number of likely N-dealkylation sites (N-methyl/N-ethyl adjacent to an activating group) is 1. The third kappa shape index (κ3) is 4.53. The summed E-state index contributed by atoms with van der Waals surface area (Å²) in [4.78, 5) is 19.3. The number of carbonyl (C=O) groups excluding carboxylic acids is 1. The van der Waals surface area contributed by atoms with Crippen molar-refractivity contribution in [3.63, 3.8) is 0 Å². The molecule has 0 spiro atoms. The van der Waals surface area contributed by atoms with E-state index in [1.807, 2.05) is 18.7 Å². The molecule has 0 aliphatic heterocycles. The highest BCUT2D eigenvalue weighted by Gasteiger charge is 2.12. The summed E-state index contributed by atoms with van der Waals surface area (Å²) in [5, 5.41) is 3.69. The molecule has 2 rings (SSSR count). The van der Waals surface area contributed by atoms with Gasteiger partial charge in [0.15, 0.2) is 5.13 Å². The van der Waals surface area contributed by atoms with E-state index in [1.165, 1.54) is 12.1 Å². The lowest BCUT2D eigenvalue weighted by molar-refractivity contribution is -0.119. The Hall–Kier alpha value is -1.95. The van der Waals surface area contributed by atoms with Crippen molar-refractivity contribution in [1.29, 1.82) is 0 Å². The molecule has 0 atom stereocenters. The highest BCUT2D eigenvalue weighted by Crippen LogP contribution is 2.21. The Morgan fingerprint density at radius 2 is 2.10 bits per heavy atom. The molecule has 1 aromatic carbocycles. The second kappa shape index (κ2) is 7.17. The number of thiazole rings is 1. The van der Waals surface area contributed by atoms with E-state index in [9.17, 15) is 9.18 Å². The van der Waals surface area contributed by atoms with Crippen LogP contribution in [0.3, 0.4) is 0 Å². The topological polar surface area (TPSA) is 45.2 Å². The van der Waals surface area contributed by atoms with Gasteiger partial charge in [-0.3, -0.25) is 4.79 Å². The fourth-order valence-corrected chi connectivity index (χ4v) is 2.66. The van der Waals surface area contributed by atoms with Crippen LogP contribution >= 0.6 is 11.3 Å². The van der Waals surface area contributed by atoms with Gasteiger partial charge in [0.05, 0.1) is 6.54 Å². The van der Waals surface area contributed by atoms with Crippen LogP contribution in [0.1, 0.15) is 17.4 Å². The van der Waals surface area contributed by atoms with Gasteiger partial charge in [-0.2, -0.15) is 0 Å². The molecule has 0 aliphatic rings. The van der Waals surface area contributed by atoms with Crippen molar-refractivity contribution in [2.24, 2.45) is 0 Å². The number of nitrogens with zero attached hydrogens (tertiary/aromatic N) is 2. The number of nitrogens with one attached hydrogen (secondary N) is 1. The minimum absolute atomic E-state index is 0.0750. The number of hydrogen-bond acceptors (Lipinski definition) is 4. The van der Waals surface area contributed by atoms with E-state index in [-0.39, 0.29) is 18.3 Å². The third-order valence-corrected chi connectivity index (χ3v) is 3.97. The van der Waals surface area contributed by atoms with Crippen LogP contribution in [-0.2, 0) is 11.3 Å². The van der Waals surface area contributed by atoms with E-state index in [0.717, 1.165) is 22.1 Å². The molecule has 1 aromatic heterocycles. The first kappa shape index (κ1) is 15.4. The van der Waals surface area contributed by atoms with Crippen LogP contribution in [0.15, 0.2) is 30.5 Å². The Balaban J connectivity index is 1.87. The summed E-state index contributed by atoms with van der Waals surface area (Å²) in [5.41, 5.74) is 0.873. The van der Waals surface area contributed by atoms with Crippen LogP contribution in [-0.4, -0.2) is 24.0 Å². The molecule has 112 valence electrons. The molecule has 0 radical (unpaired) electrons. The molecule has 1 heterocycles. The van der Waals surface area contributed by atoms with Gasteiger partial charge >= 0.3 is 0 Å². The van der Waals surface area contributed by atoms with Crippen molar-refractivity contribution in [1.82, 2.24) is 10.3 Å². The van der Waals surface area contributed by atoms with Gasteiger partial charge in [0.25, 0.3) is 0 Å². The number of hydrogen-bond donors (Lipinski definition) is 1. The van der Waals surface area contributed by atoms with Crippen molar-refractivity contribution in [2.45, 2.75) is 20.4 Å². The summed E-state index contributed by atoms with van der Waals surface area (Å²) in [7, 11) is 0. The Bertz CT molecular complexity index is 597. The van der Waals surface area contributed by atoms with E-state index in [0.29, 0.717) is 6.54 Å². The predicted octanol–water partition coefficient (Wildman–Crippen LogP) is 2.73. The largest absolute Gasteiger partial charge is 0.350 e. The number of amides is 1. The van der Waals surface area contributed by atoms with E-state index in [2.05, 4.69) is 10.3 Å². The molecule has 1 amide bonds. The number of anilines is 1. The van der Waals surface area contributed by atoms with Crippen LogP contribution in [0.25, 0.3) is 0 Å². The summed E-state index contributed by atoms with van der Waals surface area (Å²) >= 11 is 1.57. The smallest absolute Gasteiger partial charge is 0.239 e. The average molecular weight is 307 g/mol. The molecule has 2 aromatic rings. The molecule has 0 bridgehead atoms. The zero-order valence-electron chi connectivity index (χ0n) is 12.1. The van der Waals surface area contributed by atoms with Crippen LogP contribution in [0.4, 0.5) is 9.52 Å². The van der Waals surface area contributed by atoms with Gasteiger partial charge in [0, 0.05) is 24.2 Å². The average Bonchev–Trinajstić information content (AvgIpc) is 2.90. The monoisotopic (exact) mass is 307 g/mol. The highest BCUT2D eigenvalue weighted by molar-refractivity contribution is 7.15. The van der Waals surface area contributed by atoms with E-state index >= 15 is 0 Å². The number of rotatable bonds is 6. The summed E-state index contributed by atoms with van der Waals surface area (Å²) in [6.45, 7) is 5.36. The van der Waals surface area contributed by atoms with E-state index in [1.54, 1.807) is 29.7 Å². The van der Waals surface area contributed by atoms with Crippen LogP contribution < -0.4 is 10.2 Å². The lowest BCUT2D eigenvalue weighted by Crippen LogP contribution is -2.36. The number of benzene rings is 1. The molecule has 4 nitrogen and oxygen atoms in total. The van der Waals surface area contributed by atoms with Crippen molar-refractivity contribution in [3.05, 3.63) is 46.7 Å². The second-order valence-corrected chi connectivity index (χ2v) is 5.88. The van der Waals surface area contributed by atoms with Crippen molar-refractivity contribution in [2.75, 3.05) is 18.0 Å². The molecule has 0 fully saturated rings. The maximum Gasteiger partial charge on any atom is 0.239 e. The maximum absolute atomic E-state index is 12.8. The quantitative estimate of drug-likeness (QED) is 0.892. The molecule has 0 unspecified atom stereocenters. The highest BCUT2D eigenvalue weighted by atomic mass is 32.1. The van der Waals surface area contributed by atoms with Crippen molar-refractivity contribution >= 4 is 22.4 Å². The van der Waals surface area contributed by atoms with Gasteiger partial charge in [-0.15, -0.1) is 11.3 Å². The Labute approximate surface area is 127 Å². The zero-order valence-corrected chi connectivity index (χ0v) is 12.9. The van der Waals surface area contributed by atoms with E-state index < -0.39 is 0 Å². The fourth-order valence-electron chi connectivity index (χ4n) is 1.84. The SMILES string of the molecule is CCN(CC(=O)NCc1ccc(F)cc1)c1ncc(C)s1. The van der Waals surface area contributed by atoms with Crippen LogP contribution in [0, 0.1) is 12.7 Å². The molecule has 0 saturated carbocycles. The zero-order chi connectivity index (χ0) is 15.2. The number of carbonyl (C=O) groups is 1. The first-order valence-corrected chi connectivity index (χ1v) is 7.58. The Morgan fingerprint density at radius 3 is 2.67 bits per heavy atom. The van der Waals surface area contributed by atoms with Crippen LogP contribution in [0.5, 0.6) is 0 Å². The van der Waals surface area contributed by atoms with Crippen molar-refractivity contribution < 1.29 is 9.18 Å². The van der Waals surface area contributed by atoms with Gasteiger partial charge in [-0.05, 0) is 31.5 Å². The standard InChI is InChI=1S/C15H18FN3OS/c1-3-19(15-18-8-11(2)21-15)10-14(20)17-9-12-4-6-13(16)7-5-12/h4-8H,3,9-10H2,1-2H3,(H,17,20). The Morgan fingerprint density at radius 1 is 1.38 bits per heavy atom. The van der Waals surface area contributed by atoms with Gasteiger partial charge in [0.2, 0.25) is 5.91 Å². The second-order valence-electron chi connectivity index (χ2n) is 4.67. The summed E-state index contributed by atoms with van der Waals surface area (Å²) in [5.74, 6) is -0.351. The predicted molar refractivity (Wildman–Crippen MR) is 83.0 cm³/mol. The molecular formula is C15H18FN3OS. The summed E-state index contributed by atoms with van der Waals surface area (Å²) in [6, 6.07) is 6.10. The number of halogens is 1. The Kier molecular flexibility index (Phi) is 5.27. The maximum atomic E-state index is 12.8.